The monoisotopic (exact) mass is 289 g/mol. The van der Waals surface area contributed by atoms with Crippen molar-refractivity contribution in [3.05, 3.63) is 10.6 Å². The zero-order valence-electron chi connectivity index (χ0n) is 8.36. The van der Waals surface area contributed by atoms with Gasteiger partial charge < -0.3 is 5.32 Å². The molecule has 0 aliphatic heterocycles. The molecule has 6 heteroatoms. The molecule has 82 valence electrons. The van der Waals surface area contributed by atoms with Crippen LogP contribution >= 0.6 is 27.5 Å². The van der Waals surface area contributed by atoms with E-state index in [2.05, 4.69) is 30.8 Å². The van der Waals surface area contributed by atoms with Gasteiger partial charge in [0.25, 0.3) is 5.91 Å². The maximum absolute atomic E-state index is 11.7. The van der Waals surface area contributed by atoms with Gasteiger partial charge in [0.15, 0.2) is 0 Å². The Morgan fingerprint density at radius 3 is 3.00 bits per heavy atom. The Balaban J connectivity index is 1.84. The van der Waals surface area contributed by atoms with Gasteiger partial charge in [-0.05, 0) is 37.2 Å². The van der Waals surface area contributed by atoms with Crippen molar-refractivity contribution < 1.29 is 4.79 Å². The van der Waals surface area contributed by atoms with Crippen LogP contribution in [0.5, 0.6) is 0 Å². The Labute approximate surface area is 101 Å². The second-order valence-corrected chi connectivity index (χ2v) is 5.68. The molecule has 1 aliphatic carbocycles. The maximum atomic E-state index is 11.7. The minimum atomic E-state index is -0.0624. The number of hydrogen-bond acceptors (Lipinski definition) is 4. The normalized spacial score (nSPS) is 17.5. The molecule has 1 unspecified atom stereocenters. The molecule has 1 N–H and O–H groups in total. The first-order valence-electron chi connectivity index (χ1n) is 4.89. The molecule has 4 nitrogen and oxygen atoms in total. The fraction of sp³-hybridized carbons (Fsp3) is 0.667. The van der Waals surface area contributed by atoms with Crippen molar-refractivity contribution in [2.45, 2.75) is 24.6 Å². The van der Waals surface area contributed by atoms with Gasteiger partial charge in [0.2, 0.25) is 0 Å². The van der Waals surface area contributed by atoms with Crippen LogP contribution in [0.3, 0.4) is 0 Å². The molecule has 0 bridgehead atoms. The van der Waals surface area contributed by atoms with Crippen LogP contribution in [0.2, 0.25) is 0 Å². The van der Waals surface area contributed by atoms with E-state index in [9.17, 15) is 4.79 Å². The zero-order valence-corrected chi connectivity index (χ0v) is 10.8. The standard InChI is InChI=1S/C9H12BrN3OS/c1-5-8(15-13-12-5)9(14)11-4-7(10)6-2-3-6/h6-7H,2-4H2,1H3,(H,11,14). The summed E-state index contributed by atoms with van der Waals surface area (Å²) in [6.07, 6.45) is 2.54. The van der Waals surface area contributed by atoms with Gasteiger partial charge in [0.1, 0.15) is 4.88 Å². The molecule has 0 aromatic carbocycles. The molecular formula is C9H12BrN3OS. The topological polar surface area (TPSA) is 54.9 Å². The number of amides is 1. The quantitative estimate of drug-likeness (QED) is 0.860. The fourth-order valence-electron chi connectivity index (χ4n) is 1.33. The van der Waals surface area contributed by atoms with E-state index < -0.39 is 0 Å². The molecule has 0 spiro atoms. The van der Waals surface area contributed by atoms with E-state index >= 15 is 0 Å². The number of aromatic nitrogens is 2. The Hall–Kier alpha value is -0.490. The van der Waals surface area contributed by atoms with Gasteiger partial charge in [-0.2, -0.15) is 0 Å². The Bertz CT molecular complexity index is 364. The summed E-state index contributed by atoms with van der Waals surface area (Å²) in [6, 6.07) is 0. The lowest BCUT2D eigenvalue weighted by Gasteiger charge is -2.08. The van der Waals surface area contributed by atoms with E-state index in [1.54, 1.807) is 6.92 Å². The van der Waals surface area contributed by atoms with Crippen molar-refractivity contribution in [3.63, 3.8) is 0 Å². The van der Waals surface area contributed by atoms with Crippen molar-refractivity contribution in [1.29, 1.82) is 0 Å². The molecule has 1 fully saturated rings. The predicted molar refractivity (Wildman–Crippen MR) is 62.4 cm³/mol. The predicted octanol–water partition coefficient (Wildman–Crippen LogP) is 1.75. The lowest BCUT2D eigenvalue weighted by atomic mass is 10.3. The summed E-state index contributed by atoms with van der Waals surface area (Å²) in [7, 11) is 0. The van der Waals surface area contributed by atoms with Gasteiger partial charge in [-0.3, -0.25) is 4.79 Å². The summed E-state index contributed by atoms with van der Waals surface area (Å²) >= 11 is 4.72. The molecular weight excluding hydrogens is 278 g/mol. The van der Waals surface area contributed by atoms with Gasteiger partial charge >= 0.3 is 0 Å². The van der Waals surface area contributed by atoms with Crippen LogP contribution in [0.25, 0.3) is 0 Å². The Morgan fingerprint density at radius 1 is 1.73 bits per heavy atom. The van der Waals surface area contributed by atoms with Gasteiger partial charge in [-0.1, -0.05) is 20.4 Å². The number of halogens is 1. The Kier molecular flexibility index (Phi) is 3.35. The van der Waals surface area contributed by atoms with Gasteiger partial charge in [-0.15, -0.1) is 5.10 Å². The van der Waals surface area contributed by atoms with Crippen molar-refractivity contribution in [2.24, 2.45) is 5.92 Å². The molecule has 1 atom stereocenters. The van der Waals surface area contributed by atoms with Crippen LogP contribution in [0.15, 0.2) is 0 Å². The number of rotatable bonds is 4. The van der Waals surface area contributed by atoms with Crippen molar-refractivity contribution in [1.82, 2.24) is 14.9 Å². The summed E-state index contributed by atoms with van der Waals surface area (Å²) < 4.78 is 3.74. The van der Waals surface area contributed by atoms with Gasteiger partial charge in [-0.25, -0.2) is 0 Å². The molecule has 1 saturated carbocycles. The van der Waals surface area contributed by atoms with E-state index in [1.165, 1.54) is 12.8 Å². The first-order chi connectivity index (χ1) is 7.18. The van der Waals surface area contributed by atoms with E-state index in [-0.39, 0.29) is 5.91 Å². The summed E-state index contributed by atoms with van der Waals surface area (Å²) in [6.45, 7) is 2.48. The second kappa shape index (κ2) is 4.57. The van der Waals surface area contributed by atoms with E-state index in [4.69, 9.17) is 0 Å². The highest BCUT2D eigenvalue weighted by Gasteiger charge is 2.29. The van der Waals surface area contributed by atoms with Crippen molar-refractivity contribution in [2.75, 3.05) is 6.54 Å². The fourth-order valence-corrected chi connectivity index (χ4v) is 2.60. The van der Waals surface area contributed by atoms with Crippen LogP contribution in [0.1, 0.15) is 28.2 Å². The van der Waals surface area contributed by atoms with E-state index in [0.717, 1.165) is 17.5 Å². The number of nitrogens with zero attached hydrogens (tertiary/aromatic N) is 2. The van der Waals surface area contributed by atoms with Crippen molar-refractivity contribution in [3.8, 4) is 0 Å². The average molecular weight is 290 g/mol. The van der Waals surface area contributed by atoms with Gasteiger partial charge in [0, 0.05) is 11.4 Å². The molecule has 1 amide bonds. The number of nitrogens with one attached hydrogen (secondary N) is 1. The number of hydrogen-bond donors (Lipinski definition) is 1. The lowest BCUT2D eigenvalue weighted by Crippen LogP contribution is -2.30. The summed E-state index contributed by atoms with van der Waals surface area (Å²) in [5.74, 6) is 0.679. The number of alkyl halides is 1. The minimum absolute atomic E-state index is 0.0624. The third-order valence-corrected chi connectivity index (χ3v) is 4.35. The van der Waals surface area contributed by atoms with Crippen molar-refractivity contribution >= 4 is 33.4 Å². The highest BCUT2D eigenvalue weighted by molar-refractivity contribution is 9.09. The van der Waals surface area contributed by atoms with E-state index in [1.807, 2.05) is 0 Å². The summed E-state index contributed by atoms with van der Waals surface area (Å²) in [5, 5.41) is 6.70. The third-order valence-electron chi connectivity index (χ3n) is 2.45. The van der Waals surface area contributed by atoms with Gasteiger partial charge in [0.05, 0.1) is 5.69 Å². The number of aryl methyl sites for hydroxylation is 1. The molecule has 0 radical (unpaired) electrons. The van der Waals surface area contributed by atoms with Crippen LogP contribution in [-0.2, 0) is 0 Å². The highest BCUT2D eigenvalue weighted by atomic mass is 79.9. The molecule has 1 aromatic heterocycles. The molecule has 1 heterocycles. The first-order valence-corrected chi connectivity index (χ1v) is 6.58. The number of carbonyl (C=O) groups is 1. The third kappa shape index (κ3) is 2.75. The molecule has 15 heavy (non-hydrogen) atoms. The molecule has 1 aromatic rings. The molecule has 2 rings (SSSR count). The van der Waals surface area contributed by atoms with Crippen LogP contribution in [-0.4, -0.2) is 26.9 Å². The zero-order chi connectivity index (χ0) is 10.8. The van der Waals surface area contributed by atoms with Crippen LogP contribution < -0.4 is 5.32 Å². The maximum Gasteiger partial charge on any atom is 0.264 e. The molecule has 0 saturated heterocycles. The van der Waals surface area contributed by atoms with Crippen LogP contribution in [0, 0.1) is 12.8 Å². The highest BCUT2D eigenvalue weighted by Crippen LogP contribution is 2.36. The number of carbonyl (C=O) groups excluding carboxylic acids is 1. The first kappa shape index (κ1) is 11.0. The van der Waals surface area contributed by atoms with E-state index in [0.29, 0.717) is 21.9 Å². The molecule has 1 aliphatic rings. The second-order valence-electron chi connectivity index (χ2n) is 3.75. The largest absolute Gasteiger partial charge is 0.350 e. The summed E-state index contributed by atoms with van der Waals surface area (Å²) in [4.78, 5) is 12.7. The average Bonchev–Trinajstić information content (AvgIpc) is 2.98. The SMILES string of the molecule is Cc1nnsc1C(=O)NCC(Br)C1CC1. The smallest absolute Gasteiger partial charge is 0.264 e. The Morgan fingerprint density at radius 2 is 2.47 bits per heavy atom. The minimum Gasteiger partial charge on any atom is -0.350 e. The lowest BCUT2D eigenvalue weighted by molar-refractivity contribution is 0.0956. The summed E-state index contributed by atoms with van der Waals surface area (Å²) in [5.41, 5.74) is 0.704. The van der Waals surface area contributed by atoms with Crippen LogP contribution in [0.4, 0.5) is 0 Å².